The van der Waals surface area contributed by atoms with Gasteiger partial charge in [-0.25, -0.2) is 0 Å². The molecule has 1 atom stereocenters. The molecule has 0 aliphatic carbocycles. The first-order valence-electron chi connectivity index (χ1n) is 7.38. The molecule has 2 aliphatic rings. The van der Waals surface area contributed by atoms with Crippen LogP contribution in [0.3, 0.4) is 0 Å². The van der Waals surface area contributed by atoms with E-state index < -0.39 is 5.97 Å². The molecule has 0 spiro atoms. The van der Waals surface area contributed by atoms with E-state index in [0.29, 0.717) is 11.2 Å². The number of anilines is 1. The van der Waals surface area contributed by atoms with Crippen molar-refractivity contribution in [2.75, 3.05) is 36.8 Å². The highest BCUT2D eigenvalue weighted by molar-refractivity contribution is 7.99. The van der Waals surface area contributed by atoms with Gasteiger partial charge in [-0.3, -0.25) is 14.3 Å². The van der Waals surface area contributed by atoms with Crippen LogP contribution in [0.4, 0.5) is 5.95 Å². The molecule has 21 heavy (non-hydrogen) atoms. The maximum Gasteiger partial charge on any atom is 0.313 e. The number of carboxylic acids is 1. The molecular weight excluding hydrogens is 290 g/mol. The lowest BCUT2D eigenvalue weighted by atomic mass is 10.2. The minimum absolute atomic E-state index is 0.0162. The molecule has 0 amide bonds. The molecular formula is C13H21N5O2S. The van der Waals surface area contributed by atoms with Gasteiger partial charge in [0.15, 0.2) is 5.16 Å². The number of nitrogens with zero attached hydrogens (tertiary/aromatic N) is 5. The number of rotatable bonds is 4. The van der Waals surface area contributed by atoms with Gasteiger partial charge < -0.3 is 10.0 Å². The van der Waals surface area contributed by atoms with Crippen LogP contribution in [0, 0.1) is 0 Å². The van der Waals surface area contributed by atoms with E-state index in [4.69, 9.17) is 5.11 Å². The topological polar surface area (TPSA) is 74.5 Å². The van der Waals surface area contributed by atoms with Gasteiger partial charge in [-0.15, -0.1) is 10.2 Å². The normalized spacial score (nSPS) is 23.1. The van der Waals surface area contributed by atoms with Gasteiger partial charge in [0.2, 0.25) is 5.95 Å². The van der Waals surface area contributed by atoms with Crippen LogP contribution in [0.15, 0.2) is 5.16 Å². The van der Waals surface area contributed by atoms with Crippen LogP contribution < -0.4 is 4.90 Å². The molecule has 0 bridgehead atoms. The number of fused-ring (bicyclic) bond motifs is 1. The highest BCUT2D eigenvalue weighted by atomic mass is 32.2. The standard InChI is InChI=1S/C13H21N5O2S/c1-16-12(14-15-13(16)21-9-11(19)20)18-7-3-6-17-5-2-4-10(17)8-18/h10H,2-9H2,1H3,(H,19,20). The van der Waals surface area contributed by atoms with Crippen molar-refractivity contribution in [2.45, 2.75) is 30.5 Å². The summed E-state index contributed by atoms with van der Waals surface area (Å²) in [6.45, 7) is 4.37. The summed E-state index contributed by atoms with van der Waals surface area (Å²) in [6.07, 6.45) is 3.69. The summed E-state index contributed by atoms with van der Waals surface area (Å²) in [5, 5.41) is 17.8. The van der Waals surface area contributed by atoms with Crippen LogP contribution in [0.5, 0.6) is 0 Å². The Balaban J connectivity index is 1.72. The zero-order chi connectivity index (χ0) is 14.8. The quantitative estimate of drug-likeness (QED) is 0.819. The number of carbonyl (C=O) groups is 1. The van der Waals surface area contributed by atoms with Crippen LogP contribution in [0.1, 0.15) is 19.3 Å². The van der Waals surface area contributed by atoms with E-state index >= 15 is 0 Å². The number of hydrogen-bond donors (Lipinski definition) is 1. The summed E-state index contributed by atoms with van der Waals surface area (Å²) in [6, 6.07) is 0.624. The fourth-order valence-electron chi connectivity index (χ4n) is 3.22. The summed E-state index contributed by atoms with van der Waals surface area (Å²) >= 11 is 1.22. The predicted octanol–water partition coefficient (Wildman–Crippen LogP) is 0.666. The second-order valence-electron chi connectivity index (χ2n) is 5.66. The van der Waals surface area contributed by atoms with E-state index in [1.165, 1.54) is 37.7 Å². The van der Waals surface area contributed by atoms with Crippen molar-refractivity contribution >= 4 is 23.7 Å². The Morgan fingerprint density at radius 1 is 1.33 bits per heavy atom. The molecule has 7 nitrogen and oxygen atoms in total. The average molecular weight is 311 g/mol. The second kappa shape index (κ2) is 6.23. The first kappa shape index (κ1) is 14.6. The first-order chi connectivity index (χ1) is 10.1. The van der Waals surface area contributed by atoms with Gasteiger partial charge in [-0.05, 0) is 25.8 Å². The first-order valence-corrected chi connectivity index (χ1v) is 8.36. The summed E-state index contributed by atoms with van der Waals surface area (Å²) < 4.78 is 1.91. The molecule has 2 saturated heterocycles. The fraction of sp³-hybridized carbons (Fsp3) is 0.769. The minimum atomic E-state index is -0.832. The largest absolute Gasteiger partial charge is 0.481 e. The maximum absolute atomic E-state index is 10.7. The summed E-state index contributed by atoms with van der Waals surface area (Å²) in [4.78, 5) is 15.5. The molecule has 0 radical (unpaired) electrons. The predicted molar refractivity (Wildman–Crippen MR) is 80.8 cm³/mol. The number of carboxylic acid groups (broad SMARTS) is 1. The molecule has 0 saturated carbocycles. The fourth-order valence-corrected chi connectivity index (χ4v) is 3.85. The SMILES string of the molecule is Cn1c(SCC(=O)O)nnc1N1CCCN2CCCC2C1. The summed E-state index contributed by atoms with van der Waals surface area (Å²) in [5.41, 5.74) is 0. The van der Waals surface area contributed by atoms with Gasteiger partial charge in [0.05, 0.1) is 5.75 Å². The molecule has 2 fully saturated rings. The van der Waals surface area contributed by atoms with Gasteiger partial charge in [-0.1, -0.05) is 11.8 Å². The van der Waals surface area contributed by atoms with Crippen LogP contribution in [0.2, 0.25) is 0 Å². The molecule has 1 aromatic rings. The third-order valence-corrected chi connectivity index (χ3v) is 5.23. The Hall–Kier alpha value is -1.28. The van der Waals surface area contributed by atoms with E-state index in [0.717, 1.165) is 25.5 Å². The average Bonchev–Trinajstić information content (AvgIpc) is 2.98. The van der Waals surface area contributed by atoms with Crippen molar-refractivity contribution in [2.24, 2.45) is 7.05 Å². The smallest absolute Gasteiger partial charge is 0.313 e. The Labute approximate surface area is 128 Å². The van der Waals surface area contributed by atoms with Crippen LogP contribution in [-0.2, 0) is 11.8 Å². The highest BCUT2D eigenvalue weighted by Crippen LogP contribution is 2.26. The molecule has 1 unspecified atom stereocenters. The molecule has 1 N–H and O–H groups in total. The maximum atomic E-state index is 10.7. The molecule has 3 rings (SSSR count). The van der Waals surface area contributed by atoms with E-state index in [1.54, 1.807) is 0 Å². The third-order valence-electron chi connectivity index (χ3n) is 4.22. The lowest BCUT2D eigenvalue weighted by molar-refractivity contribution is -0.133. The van der Waals surface area contributed by atoms with Crippen molar-refractivity contribution < 1.29 is 9.90 Å². The van der Waals surface area contributed by atoms with Gasteiger partial charge in [0, 0.05) is 32.7 Å². The second-order valence-corrected chi connectivity index (χ2v) is 6.60. The van der Waals surface area contributed by atoms with Crippen LogP contribution >= 0.6 is 11.8 Å². The lowest BCUT2D eigenvalue weighted by Crippen LogP contribution is -2.37. The lowest BCUT2D eigenvalue weighted by Gasteiger charge is -2.26. The Kier molecular flexibility index (Phi) is 4.34. The van der Waals surface area contributed by atoms with Crippen molar-refractivity contribution in [3.8, 4) is 0 Å². The van der Waals surface area contributed by atoms with Gasteiger partial charge in [-0.2, -0.15) is 0 Å². The van der Waals surface area contributed by atoms with E-state index in [9.17, 15) is 4.79 Å². The third kappa shape index (κ3) is 3.16. The zero-order valence-corrected chi connectivity index (χ0v) is 13.1. The van der Waals surface area contributed by atoms with E-state index in [1.807, 2.05) is 11.6 Å². The van der Waals surface area contributed by atoms with Crippen LogP contribution in [-0.4, -0.2) is 68.7 Å². The Bertz CT molecular complexity index is 521. The molecule has 3 heterocycles. The van der Waals surface area contributed by atoms with Crippen molar-refractivity contribution in [1.29, 1.82) is 0 Å². The van der Waals surface area contributed by atoms with Gasteiger partial charge in [0.1, 0.15) is 0 Å². The van der Waals surface area contributed by atoms with Gasteiger partial charge >= 0.3 is 5.97 Å². The zero-order valence-electron chi connectivity index (χ0n) is 12.2. The molecule has 0 aromatic carbocycles. The highest BCUT2D eigenvalue weighted by Gasteiger charge is 2.30. The van der Waals surface area contributed by atoms with E-state index in [2.05, 4.69) is 20.0 Å². The van der Waals surface area contributed by atoms with Crippen LogP contribution in [0.25, 0.3) is 0 Å². The van der Waals surface area contributed by atoms with Crippen molar-refractivity contribution in [3.63, 3.8) is 0 Å². The Morgan fingerprint density at radius 2 is 2.14 bits per heavy atom. The van der Waals surface area contributed by atoms with Crippen molar-refractivity contribution in [3.05, 3.63) is 0 Å². The van der Waals surface area contributed by atoms with Crippen molar-refractivity contribution in [1.82, 2.24) is 19.7 Å². The molecule has 116 valence electrons. The Morgan fingerprint density at radius 3 is 2.95 bits per heavy atom. The minimum Gasteiger partial charge on any atom is -0.481 e. The number of aliphatic carboxylic acids is 1. The molecule has 1 aromatic heterocycles. The summed E-state index contributed by atoms with van der Waals surface area (Å²) in [7, 11) is 1.91. The van der Waals surface area contributed by atoms with E-state index in [-0.39, 0.29) is 5.75 Å². The molecule has 2 aliphatic heterocycles. The van der Waals surface area contributed by atoms with Gasteiger partial charge in [0.25, 0.3) is 0 Å². The number of thioether (sulfide) groups is 1. The number of hydrogen-bond acceptors (Lipinski definition) is 6. The monoisotopic (exact) mass is 311 g/mol. The number of aromatic nitrogens is 3. The molecule has 8 heteroatoms. The summed E-state index contributed by atoms with van der Waals surface area (Å²) in [5.74, 6) is 0.0418.